The summed E-state index contributed by atoms with van der Waals surface area (Å²) in [5, 5.41) is 9.82. The van der Waals surface area contributed by atoms with Gasteiger partial charge in [0, 0.05) is 11.5 Å². The highest BCUT2D eigenvalue weighted by atomic mass is 16.3. The van der Waals surface area contributed by atoms with Crippen LogP contribution in [0.5, 0.6) is 5.75 Å². The first-order chi connectivity index (χ1) is 8.70. The smallest absolute Gasteiger partial charge is 0.193 e. The second kappa shape index (κ2) is 3.84. The van der Waals surface area contributed by atoms with Crippen LogP contribution in [-0.2, 0) is 0 Å². The third-order valence-corrected chi connectivity index (χ3v) is 3.39. The molecule has 2 aromatic rings. The molecule has 1 N–H and O–H groups in total. The average molecular weight is 236 g/mol. The molecule has 0 radical (unpaired) electrons. The fourth-order valence-corrected chi connectivity index (χ4v) is 2.55. The molecule has 0 aromatic heterocycles. The molecule has 0 saturated carbocycles. The summed E-state index contributed by atoms with van der Waals surface area (Å²) < 4.78 is 0. The highest BCUT2D eigenvalue weighted by molar-refractivity contribution is 6.16. The van der Waals surface area contributed by atoms with Crippen molar-refractivity contribution in [2.45, 2.75) is 5.92 Å². The van der Waals surface area contributed by atoms with E-state index in [4.69, 9.17) is 0 Å². The van der Waals surface area contributed by atoms with E-state index in [0.717, 1.165) is 11.1 Å². The molecule has 1 atom stereocenters. The number of Topliss-reactive ketones (excluding diaryl/α,β-unsaturated/α-hetero) is 1. The molecule has 1 unspecified atom stereocenters. The van der Waals surface area contributed by atoms with Crippen molar-refractivity contribution in [1.82, 2.24) is 0 Å². The van der Waals surface area contributed by atoms with Gasteiger partial charge in [-0.05, 0) is 17.2 Å². The minimum atomic E-state index is -0.156. The second-order valence-corrected chi connectivity index (χ2v) is 4.44. The van der Waals surface area contributed by atoms with Crippen LogP contribution >= 0.6 is 0 Å². The Labute approximate surface area is 105 Å². The minimum absolute atomic E-state index is 0.0390. The zero-order chi connectivity index (χ0) is 12.7. The van der Waals surface area contributed by atoms with E-state index in [0.29, 0.717) is 11.1 Å². The first kappa shape index (κ1) is 10.8. The number of carbonyl (C=O) groups is 1. The Kier molecular flexibility index (Phi) is 2.30. The van der Waals surface area contributed by atoms with Gasteiger partial charge in [0.2, 0.25) is 0 Å². The Morgan fingerprint density at radius 2 is 1.72 bits per heavy atom. The molecule has 18 heavy (non-hydrogen) atoms. The second-order valence-electron chi connectivity index (χ2n) is 4.44. The predicted molar refractivity (Wildman–Crippen MR) is 69.9 cm³/mol. The lowest BCUT2D eigenvalue weighted by atomic mass is 9.90. The summed E-state index contributed by atoms with van der Waals surface area (Å²) in [5.41, 5.74) is 2.80. The lowest BCUT2D eigenvalue weighted by molar-refractivity contribution is 0.103. The van der Waals surface area contributed by atoms with Gasteiger partial charge in [0.15, 0.2) is 5.78 Å². The van der Waals surface area contributed by atoms with Crippen LogP contribution in [0, 0.1) is 0 Å². The zero-order valence-electron chi connectivity index (χ0n) is 9.76. The topological polar surface area (TPSA) is 37.3 Å². The van der Waals surface area contributed by atoms with Gasteiger partial charge in [0.1, 0.15) is 5.75 Å². The van der Waals surface area contributed by atoms with Crippen molar-refractivity contribution in [3.63, 3.8) is 0 Å². The maximum atomic E-state index is 12.1. The number of rotatable bonds is 1. The maximum absolute atomic E-state index is 12.1. The van der Waals surface area contributed by atoms with E-state index in [2.05, 4.69) is 6.58 Å². The monoisotopic (exact) mass is 236 g/mol. The number of fused-ring (bicyclic) bond motifs is 1. The van der Waals surface area contributed by atoms with Crippen molar-refractivity contribution < 1.29 is 9.90 Å². The number of allylic oxidation sites excluding steroid dienone is 1. The van der Waals surface area contributed by atoms with E-state index < -0.39 is 0 Å². The van der Waals surface area contributed by atoms with E-state index in [1.54, 1.807) is 6.07 Å². The van der Waals surface area contributed by atoms with Crippen LogP contribution in [0.2, 0.25) is 0 Å². The Balaban J connectivity index is 2.23. The Bertz CT molecular complexity index is 641. The molecule has 2 aromatic carbocycles. The third-order valence-electron chi connectivity index (χ3n) is 3.39. The summed E-state index contributed by atoms with van der Waals surface area (Å²) in [6.07, 6.45) is 0. The summed E-state index contributed by atoms with van der Waals surface area (Å²) in [5.74, 6) is -0.255. The van der Waals surface area contributed by atoms with Gasteiger partial charge < -0.3 is 5.11 Å². The van der Waals surface area contributed by atoms with Crippen LogP contribution in [0.3, 0.4) is 0 Å². The van der Waals surface area contributed by atoms with Gasteiger partial charge in [-0.15, -0.1) is 0 Å². The lowest BCUT2D eigenvalue weighted by Gasteiger charge is -2.12. The molecule has 2 heteroatoms. The van der Waals surface area contributed by atoms with Crippen molar-refractivity contribution in [2.24, 2.45) is 0 Å². The molecule has 2 nitrogen and oxygen atoms in total. The molecule has 0 aliphatic heterocycles. The molecule has 1 aliphatic rings. The minimum Gasteiger partial charge on any atom is -0.507 e. The average Bonchev–Trinajstić information content (AvgIpc) is 2.64. The first-order valence-electron chi connectivity index (χ1n) is 5.80. The van der Waals surface area contributed by atoms with E-state index in [-0.39, 0.29) is 17.5 Å². The van der Waals surface area contributed by atoms with Crippen molar-refractivity contribution >= 4 is 5.78 Å². The Hall–Kier alpha value is -2.35. The summed E-state index contributed by atoms with van der Waals surface area (Å²) in [6.45, 7) is 3.89. The largest absolute Gasteiger partial charge is 0.507 e. The maximum Gasteiger partial charge on any atom is 0.193 e. The quantitative estimate of drug-likeness (QED) is 0.771. The Morgan fingerprint density at radius 3 is 2.44 bits per heavy atom. The van der Waals surface area contributed by atoms with E-state index >= 15 is 0 Å². The lowest BCUT2D eigenvalue weighted by Crippen LogP contribution is -2.00. The molecular weight excluding hydrogens is 224 g/mol. The van der Waals surface area contributed by atoms with Crippen LogP contribution in [0.1, 0.15) is 27.4 Å². The van der Waals surface area contributed by atoms with Gasteiger partial charge in [0.05, 0.1) is 5.56 Å². The summed E-state index contributed by atoms with van der Waals surface area (Å²) >= 11 is 0. The van der Waals surface area contributed by atoms with Gasteiger partial charge in [0.25, 0.3) is 0 Å². The van der Waals surface area contributed by atoms with Crippen LogP contribution in [0.4, 0.5) is 0 Å². The number of phenolic OH excluding ortho intramolecular Hbond substituents is 1. The molecule has 3 rings (SSSR count). The third kappa shape index (κ3) is 1.39. The number of carbonyl (C=O) groups excluding carboxylic acids is 1. The molecule has 0 heterocycles. The molecule has 0 spiro atoms. The SMILES string of the molecule is C=C1C(=O)c2c(O)cccc2C1c1ccccc1. The van der Waals surface area contributed by atoms with Gasteiger partial charge >= 0.3 is 0 Å². The molecule has 0 fully saturated rings. The predicted octanol–water partition coefficient (Wildman–Crippen LogP) is 3.28. The summed E-state index contributed by atoms with van der Waals surface area (Å²) in [6, 6.07) is 14.9. The Morgan fingerprint density at radius 1 is 1.00 bits per heavy atom. The molecule has 88 valence electrons. The number of aromatic hydroxyl groups is 1. The first-order valence-corrected chi connectivity index (χ1v) is 5.80. The zero-order valence-corrected chi connectivity index (χ0v) is 9.76. The number of ketones is 1. The van der Waals surface area contributed by atoms with Crippen molar-refractivity contribution in [2.75, 3.05) is 0 Å². The number of hydrogen-bond donors (Lipinski definition) is 1. The van der Waals surface area contributed by atoms with Crippen molar-refractivity contribution in [3.8, 4) is 5.75 Å². The van der Waals surface area contributed by atoms with E-state index in [9.17, 15) is 9.90 Å². The fourth-order valence-electron chi connectivity index (χ4n) is 2.55. The molecule has 1 aliphatic carbocycles. The molecule has 0 amide bonds. The summed E-state index contributed by atoms with van der Waals surface area (Å²) in [7, 11) is 0. The van der Waals surface area contributed by atoms with Crippen LogP contribution < -0.4 is 0 Å². The van der Waals surface area contributed by atoms with Gasteiger partial charge in [-0.2, -0.15) is 0 Å². The molecule has 0 saturated heterocycles. The van der Waals surface area contributed by atoms with Crippen LogP contribution in [0.25, 0.3) is 0 Å². The highest BCUT2D eigenvalue weighted by Crippen LogP contribution is 2.44. The number of benzene rings is 2. The summed E-state index contributed by atoms with van der Waals surface area (Å²) in [4.78, 5) is 12.1. The van der Waals surface area contributed by atoms with Crippen molar-refractivity contribution in [1.29, 1.82) is 0 Å². The highest BCUT2D eigenvalue weighted by Gasteiger charge is 2.35. The van der Waals surface area contributed by atoms with Crippen molar-refractivity contribution in [3.05, 3.63) is 77.4 Å². The standard InChI is InChI=1S/C16H12O2/c1-10-14(11-6-3-2-4-7-11)12-8-5-9-13(17)15(12)16(10)18/h2-9,14,17H,1H2. The molecular formula is C16H12O2. The van der Waals surface area contributed by atoms with Gasteiger partial charge in [-0.3, -0.25) is 4.79 Å². The molecule has 0 bridgehead atoms. The van der Waals surface area contributed by atoms with Crippen LogP contribution in [0.15, 0.2) is 60.7 Å². The fraction of sp³-hybridized carbons (Fsp3) is 0.0625. The number of phenols is 1. The normalized spacial score (nSPS) is 17.9. The number of hydrogen-bond acceptors (Lipinski definition) is 2. The van der Waals surface area contributed by atoms with E-state index in [1.807, 2.05) is 36.4 Å². The van der Waals surface area contributed by atoms with E-state index in [1.165, 1.54) is 6.07 Å². The van der Waals surface area contributed by atoms with Gasteiger partial charge in [-0.25, -0.2) is 0 Å². The van der Waals surface area contributed by atoms with Gasteiger partial charge in [-0.1, -0.05) is 49.0 Å². The van der Waals surface area contributed by atoms with Crippen LogP contribution in [-0.4, -0.2) is 10.9 Å².